The predicted molar refractivity (Wildman–Crippen MR) is 54.3 cm³/mol. The zero-order valence-electron chi connectivity index (χ0n) is 7.24. The second-order valence-corrected chi connectivity index (χ2v) is 4.76. The molecule has 4 heteroatoms. The van der Waals surface area contributed by atoms with E-state index in [1.54, 1.807) is 0 Å². The summed E-state index contributed by atoms with van der Waals surface area (Å²) in [4.78, 5) is 11.1. The van der Waals surface area contributed by atoms with Crippen LogP contribution in [0, 0.1) is 0 Å². The molecule has 0 amide bonds. The van der Waals surface area contributed by atoms with E-state index in [4.69, 9.17) is 27.9 Å². The van der Waals surface area contributed by atoms with Crippen molar-refractivity contribution >= 4 is 29.2 Å². The van der Waals surface area contributed by atoms with E-state index >= 15 is 0 Å². The minimum atomic E-state index is -1.14. The van der Waals surface area contributed by atoms with Crippen LogP contribution in [0.15, 0.2) is 30.3 Å². The van der Waals surface area contributed by atoms with Gasteiger partial charge in [-0.3, -0.25) is 4.79 Å². The van der Waals surface area contributed by atoms with E-state index in [1.807, 2.05) is 30.3 Å². The van der Waals surface area contributed by atoms with Gasteiger partial charge in [0.05, 0.1) is 6.42 Å². The van der Waals surface area contributed by atoms with E-state index in [0.29, 0.717) is 0 Å². The number of ether oxygens (including phenoxy) is 1. The van der Waals surface area contributed by atoms with Crippen LogP contribution in [0.25, 0.3) is 0 Å². The van der Waals surface area contributed by atoms with Gasteiger partial charge < -0.3 is 4.74 Å². The number of carbonyl (C=O) groups excluding carboxylic acids is 1. The summed E-state index contributed by atoms with van der Waals surface area (Å²) in [6.07, 6.45) is -0.519. The number of rotatable bonds is 1. The average Bonchev–Trinajstić information content (AvgIpc) is 2.41. The fourth-order valence-electron chi connectivity index (χ4n) is 1.48. The molecule has 0 aliphatic carbocycles. The van der Waals surface area contributed by atoms with E-state index in [0.717, 1.165) is 5.56 Å². The van der Waals surface area contributed by atoms with Gasteiger partial charge in [-0.05, 0) is 5.56 Å². The van der Waals surface area contributed by atoms with Gasteiger partial charge >= 0.3 is 5.97 Å². The van der Waals surface area contributed by atoms with Crippen LogP contribution in [-0.4, -0.2) is 10.3 Å². The summed E-state index contributed by atoms with van der Waals surface area (Å²) in [5.41, 5.74) is 0.823. The monoisotopic (exact) mass is 230 g/mol. The maximum Gasteiger partial charge on any atom is 0.309 e. The van der Waals surface area contributed by atoms with Crippen molar-refractivity contribution in [3.05, 3.63) is 35.9 Å². The van der Waals surface area contributed by atoms with Gasteiger partial charge in [-0.25, -0.2) is 0 Å². The van der Waals surface area contributed by atoms with Crippen LogP contribution in [0.5, 0.6) is 0 Å². The summed E-state index contributed by atoms with van der Waals surface area (Å²) in [6, 6.07) is 9.26. The minimum Gasteiger partial charge on any atom is -0.454 e. The van der Waals surface area contributed by atoms with Gasteiger partial charge in [-0.1, -0.05) is 53.5 Å². The van der Waals surface area contributed by atoms with Crippen LogP contribution >= 0.6 is 23.2 Å². The first-order chi connectivity index (χ1) is 6.59. The van der Waals surface area contributed by atoms with E-state index in [9.17, 15) is 4.79 Å². The lowest BCUT2D eigenvalue weighted by atomic mass is 10.1. The van der Waals surface area contributed by atoms with Crippen molar-refractivity contribution in [3.63, 3.8) is 0 Å². The molecule has 2 rings (SSSR count). The van der Waals surface area contributed by atoms with E-state index < -0.39 is 10.4 Å². The Labute approximate surface area is 91.8 Å². The number of alkyl halides is 2. The van der Waals surface area contributed by atoms with Gasteiger partial charge in [0.2, 0.25) is 0 Å². The lowest BCUT2D eigenvalue weighted by molar-refractivity contribution is -0.141. The number of cyclic esters (lactones) is 1. The van der Waals surface area contributed by atoms with E-state index in [-0.39, 0.29) is 12.4 Å². The van der Waals surface area contributed by atoms with Crippen LogP contribution in [0.4, 0.5) is 0 Å². The third-order valence-electron chi connectivity index (χ3n) is 2.12. The van der Waals surface area contributed by atoms with Gasteiger partial charge in [0.25, 0.3) is 0 Å². The lowest BCUT2D eigenvalue weighted by Crippen LogP contribution is -2.17. The molecule has 0 N–H and O–H groups in total. The Kier molecular flexibility index (Phi) is 2.41. The first kappa shape index (κ1) is 9.81. The highest BCUT2D eigenvalue weighted by atomic mass is 35.5. The normalized spacial score (nSPS) is 24.7. The Morgan fingerprint density at radius 1 is 1.29 bits per heavy atom. The lowest BCUT2D eigenvalue weighted by Gasteiger charge is -2.19. The molecular weight excluding hydrogens is 223 g/mol. The Balaban J connectivity index is 2.32. The Morgan fingerprint density at radius 2 is 1.93 bits per heavy atom. The van der Waals surface area contributed by atoms with Crippen molar-refractivity contribution in [2.75, 3.05) is 0 Å². The zero-order valence-corrected chi connectivity index (χ0v) is 8.76. The molecule has 0 saturated carbocycles. The fraction of sp³-hybridized carbons (Fsp3) is 0.300. The van der Waals surface area contributed by atoms with Gasteiger partial charge in [0.15, 0.2) is 10.4 Å². The summed E-state index contributed by atoms with van der Waals surface area (Å²) >= 11 is 12.0. The van der Waals surface area contributed by atoms with Crippen LogP contribution in [0.1, 0.15) is 18.1 Å². The molecule has 1 aromatic rings. The summed E-state index contributed by atoms with van der Waals surface area (Å²) in [6.45, 7) is 0. The maximum atomic E-state index is 11.1. The molecule has 14 heavy (non-hydrogen) atoms. The molecular formula is C10H8Cl2O2. The number of carbonyl (C=O) groups is 1. The molecule has 0 aromatic heterocycles. The minimum absolute atomic E-state index is 0.0374. The summed E-state index contributed by atoms with van der Waals surface area (Å²) < 4.78 is 3.92. The number of esters is 1. The zero-order chi connectivity index (χ0) is 10.2. The Hall–Kier alpha value is -0.730. The molecule has 1 aliphatic heterocycles. The molecule has 0 spiro atoms. The SMILES string of the molecule is O=C1CC(Cl)(Cl)C(c2ccccc2)O1. The topological polar surface area (TPSA) is 26.3 Å². The summed E-state index contributed by atoms with van der Waals surface area (Å²) in [7, 11) is 0. The largest absolute Gasteiger partial charge is 0.454 e. The van der Waals surface area contributed by atoms with Crippen molar-refractivity contribution in [2.24, 2.45) is 0 Å². The maximum absolute atomic E-state index is 11.1. The molecule has 1 aromatic carbocycles. The van der Waals surface area contributed by atoms with Crippen LogP contribution in [0.3, 0.4) is 0 Å². The van der Waals surface area contributed by atoms with E-state index in [1.165, 1.54) is 0 Å². The molecule has 1 fully saturated rings. The second kappa shape index (κ2) is 3.44. The highest BCUT2D eigenvalue weighted by molar-refractivity contribution is 6.50. The number of halogens is 2. The number of hydrogen-bond acceptors (Lipinski definition) is 2. The summed E-state index contributed by atoms with van der Waals surface area (Å²) in [5, 5.41) is 0. The first-order valence-electron chi connectivity index (χ1n) is 4.22. The second-order valence-electron chi connectivity index (χ2n) is 3.22. The standard InChI is InChI=1S/C10H8Cl2O2/c11-10(12)6-8(13)14-9(10)7-4-2-1-3-5-7/h1-5,9H,6H2. The van der Waals surface area contributed by atoms with Gasteiger partial charge in [-0.15, -0.1) is 0 Å². The molecule has 74 valence electrons. The molecule has 1 saturated heterocycles. The highest BCUT2D eigenvalue weighted by Crippen LogP contribution is 2.46. The molecule has 1 heterocycles. The average molecular weight is 231 g/mol. The molecule has 1 unspecified atom stereocenters. The quantitative estimate of drug-likeness (QED) is 0.548. The van der Waals surface area contributed by atoms with Crippen LogP contribution in [-0.2, 0) is 9.53 Å². The number of hydrogen-bond donors (Lipinski definition) is 0. The van der Waals surface area contributed by atoms with E-state index in [2.05, 4.69) is 0 Å². The third kappa shape index (κ3) is 1.72. The molecule has 0 bridgehead atoms. The Bertz CT molecular complexity index is 348. The van der Waals surface area contributed by atoms with Crippen LogP contribution in [0.2, 0.25) is 0 Å². The Morgan fingerprint density at radius 3 is 2.43 bits per heavy atom. The fourth-order valence-corrected chi connectivity index (χ4v) is 2.04. The van der Waals surface area contributed by atoms with Crippen molar-refractivity contribution < 1.29 is 9.53 Å². The highest BCUT2D eigenvalue weighted by Gasteiger charge is 2.47. The van der Waals surface area contributed by atoms with Gasteiger partial charge in [-0.2, -0.15) is 0 Å². The molecule has 0 radical (unpaired) electrons. The van der Waals surface area contributed by atoms with Gasteiger partial charge in [0, 0.05) is 0 Å². The molecule has 1 atom stereocenters. The molecule has 2 nitrogen and oxygen atoms in total. The van der Waals surface area contributed by atoms with Crippen molar-refractivity contribution in [2.45, 2.75) is 16.9 Å². The molecule has 1 aliphatic rings. The van der Waals surface area contributed by atoms with Crippen molar-refractivity contribution in [3.8, 4) is 0 Å². The first-order valence-corrected chi connectivity index (χ1v) is 4.97. The smallest absolute Gasteiger partial charge is 0.309 e. The van der Waals surface area contributed by atoms with Crippen LogP contribution < -0.4 is 0 Å². The summed E-state index contributed by atoms with van der Waals surface area (Å²) in [5.74, 6) is -0.358. The predicted octanol–water partition coefficient (Wildman–Crippen LogP) is 2.85. The third-order valence-corrected chi connectivity index (χ3v) is 2.78. The van der Waals surface area contributed by atoms with Gasteiger partial charge in [0.1, 0.15) is 0 Å². The number of benzene rings is 1. The van der Waals surface area contributed by atoms with Crippen molar-refractivity contribution in [1.82, 2.24) is 0 Å². The van der Waals surface area contributed by atoms with Crippen molar-refractivity contribution in [1.29, 1.82) is 0 Å².